The molecule has 4 heteroatoms. The van der Waals surface area contributed by atoms with Gasteiger partial charge in [-0.1, -0.05) is 30.3 Å². The van der Waals surface area contributed by atoms with Gasteiger partial charge in [0.05, 0.1) is 6.20 Å². The molecule has 0 bridgehead atoms. The Morgan fingerprint density at radius 1 is 0.850 bits per heavy atom. The molecule has 0 fully saturated rings. The zero-order valence-corrected chi connectivity index (χ0v) is 10.7. The van der Waals surface area contributed by atoms with Crippen LogP contribution in [0.25, 0.3) is 33.4 Å². The summed E-state index contributed by atoms with van der Waals surface area (Å²) in [7, 11) is 0. The summed E-state index contributed by atoms with van der Waals surface area (Å²) >= 11 is 0. The van der Waals surface area contributed by atoms with Crippen molar-refractivity contribution in [2.45, 2.75) is 0 Å². The number of aromatic nitrogens is 4. The summed E-state index contributed by atoms with van der Waals surface area (Å²) in [6.07, 6.45) is 5.53. The van der Waals surface area contributed by atoms with Gasteiger partial charge in [-0.05, 0) is 17.7 Å². The van der Waals surface area contributed by atoms with E-state index in [0.717, 1.165) is 33.4 Å². The monoisotopic (exact) mass is 260 g/mol. The summed E-state index contributed by atoms with van der Waals surface area (Å²) in [5.41, 5.74) is 5.25. The molecule has 2 N–H and O–H groups in total. The number of nitrogens with zero attached hydrogens (tertiary/aromatic N) is 2. The van der Waals surface area contributed by atoms with Crippen molar-refractivity contribution >= 4 is 11.0 Å². The Labute approximate surface area is 115 Å². The van der Waals surface area contributed by atoms with Gasteiger partial charge in [-0.15, -0.1) is 0 Å². The van der Waals surface area contributed by atoms with Crippen LogP contribution in [0.1, 0.15) is 0 Å². The predicted molar refractivity (Wildman–Crippen MR) is 79.1 cm³/mol. The highest BCUT2D eigenvalue weighted by atomic mass is 15.1. The second kappa shape index (κ2) is 4.35. The van der Waals surface area contributed by atoms with Gasteiger partial charge in [0, 0.05) is 34.6 Å². The number of benzene rings is 1. The summed E-state index contributed by atoms with van der Waals surface area (Å²) in [6.45, 7) is 0. The van der Waals surface area contributed by atoms with Crippen molar-refractivity contribution in [3.8, 4) is 22.4 Å². The molecule has 1 aromatic carbocycles. The lowest BCUT2D eigenvalue weighted by molar-refractivity contribution is 1.09. The lowest BCUT2D eigenvalue weighted by atomic mass is 10.1. The Morgan fingerprint density at radius 3 is 2.55 bits per heavy atom. The molecule has 4 nitrogen and oxygen atoms in total. The van der Waals surface area contributed by atoms with Crippen molar-refractivity contribution in [1.29, 1.82) is 0 Å². The van der Waals surface area contributed by atoms with Gasteiger partial charge in [0.2, 0.25) is 0 Å². The molecular formula is C16H12N4. The van der Waals surface area contributed by atoms with E-state index in [0.29, 0.717) is 0 Å². The van der Waals surface area contributed by atoms with Gasteiger partial charge in [0.1, 0.15) is 5.65 Å². The molecule has 0 saturated carbocycles. The Morgan fingerprint density at radius 2 is 1.75 bits per heavy atom. The smallest absolute Gasteiger partial charge is 0.137 e. The second-order valence-corrected chi connectivity index (χ2v) is 4.70. The topological polar surface area (TPSA) is 57.4 Å². The number of hydrogen-bond donors (Lipinski definition) is 2. The van der Waals surface area contributed by atoms with E-state index in [4.69, 9.17) is 0 Å². The van der Waals surface area contributed by atoms with Gasteiger partial charge in [-0.25, -0.2) is 4.98 Å². The van der Waals surface area contributed by atoms with E-state index in [9.17, 15) is 0 Å². The minimum Gasteiger partial charge on any atom is -0.339 e. The Balaban J connectivity index is 1.84. The largest absolute Gasteiger partial charge is 0.339 e. The summed E-state index contributed by atoms with van der Waals surface area (Å²) in [4.78, 5) is 7.84. The third-order valence-corrected chi connectivity index (χ3v) is 3.39. The van der Waals surface area contributed by atoms with Gasteiger partial charge in [0.15, 0.2) is 0 Å². The normalized spacial score (nSPS) is 11.0. The van der Waals surface area contributed by atoms with Crippen molar-refractivity contribution in [2.75, 3.05) is 0 Å². The van der Waals surface area contributed by atoms with Crippen molar-refractivity contribution in [3.05, 3.63) is 61.1 Å². The summed E-state index contributed by atoms with van der Waals surface area (Å²) in [5.74, 6) is 0. The molecule has 0 amide bonds. The molecule has 0 spiro atoms. The molecule has 0 aliphatic rings. The van der Waals surface area contributed by atoms with Gasteiger partial charge in [-0.3, -0.25) is 5.10 Å². The van der Waals surface area contributed by atoms with Gasteiger partial charge in [-0.2, -0.15) is 5.10 Å². The van der Waals surface area contributed by atoms with Gasteiger partial charge < -0.3 is 4.98 Å². The molecule has 0 radical (unpaired) electrons. The molecule has 4 aromatic rings. The van der Waals surface area contributed by atoms with Crippen LogP contribution in [0, 0.1) is 0 Å². The van der Waals surface area contributed by atoms with E-state index in [1.807, 2.05) is 30.6 Å². The molecule has 20 heavy (non-hydrogen) atoms. The number of aromatic amines is 2. The molecule has 0 aliphatic carbocycles. The van der Waals surface area contributed by atoms with Crippen LogP contribution < -0.4 is 0 Å². The first-order valence-electron chi connectivity index (χ1n) is 6.43. The molecule has 0 saturated heterocycles. The quantitative estimate of drug-likeness (QED) is 0.578. The highest BCUT2D eigenvalue weighted by Crippen LogP contribution is 2.26. The predicted octanol–water partition coefficient (Wildman–Crippen LogP) is 3.62. The number of pyridine rings is 1. The standard InChI is InChI=1S/C16H12N4/c1-2-4-11(5-3-1)15-7-12-6-13(8-17-16(12)20-15)14-9-18-19-10-14/h1-10H,(H,17,20)(H,18,19). The number of nitrogens with one attached hydrogen (secondary N) is 2. The highest BCUT2D eigenvalue weighted by molar-refractivity contribution is 5.86. The van der Waals surface area contributed by atoms with E-state index < -0.39 is 0 Å². The second-order valence-electron chi connectivity index (χ2n) is 4.70. The zero-order valence-electron chi connectivity index (χ0n) is 10.7. The molecule has 4 rings (SSSR count). The Bertz CT molecular complexity index is 845. The lowest BCUT2D eigenvalue weighted by Gasteiger charge is -1.95. The first-order chi connectivity index (χ1) is 9.90. The van der Waals surface area contributed by atoms with E-state index in [2.05, 4.69) is 44.4 Å². The Hall–Kier alpha value is -2.88. The van der Waals surface area contributed by atoms with Crippen LogP contribution in [0.5, 0.6) is 0 Å². The third-order valence-electron chi connectivity index (χ3n) is 3.39. The maximum Gasteiger partial charge on any atom is 0.137 e. The van der Waals surface area contributed by atoms with Crippen LogP contribution in [0.4, 0.5) is 0 Å². The zero-order chi connectivity index (χ0) is 13.4. The number of rotatable bonds is 2. The average Bonchev–Trinajstić information content (AvgIpc) is 3.16. The molecular weight excluding hydrogens is 248 g/mol. The summed E-state index contributed by atoms with van der Waals surface area (Å²) < 4.78 is 0. The van der Waals surface area contributed by atoms with Gasteiger partial charge >= 0.3 is 0 Å². The Kier molecular flexibility index (Phi) is 2.39. The molecule has 0 atom stereocenters. The van der Waals surface area contributed by atoms with Crippen LogP contribution in [0.2, 0.25) is 0 Å². The van der Waals surface area contributed by atoms with Crippen molar-refractivity contribution < 1.29 is 0 Å². The first-order valence-corrected chi connectivity index (χ1v) is 6.43. The number of hydrogen-bond acceptors (Lipinski definition) is 2. The molecule has 3 aromatic heterocycles. The summed E-state index contributed by atoms with van der Waals surface area (Å²) in [5, 5.41) is 7.89. The van der Waals surface area contributed by atoms with Crippen molar-refractivity contribution in [2.24, 2.45) is 0 Å². The van der Waals surface area contributed by atoms with Crippen LogP contribution in [0.15, 0.2) is 61.1 Å². The minimum atomic E-state index is 0.899. The minimum absolute atomic E-state index is 0.899. The van der Waals surface area contributed by atoms with E-state index >= 15 is 0 Å². The SMILES string of the molecule is c1ccc(-c2cc3cc(-c4cn[nH]c4)cnc3[nH]2)cc1. The van der Waals surface area contributed by atoms with Crippen molar-refractivity contribution in [1.82, 2.24) is 20.2 Å². The maximum atomic E-state index is 4.49. The number of H-pyrrole nitrogens is 2. The van der Waals surface area contributed by atoms with Crippen LogP contribution in [-0.2, 0) is 0 Å². The van der Waals surface area contributed by atoms with Crippen LogP contribution in [-0.4, -0.2) is 20.2 Å². The maximum absolute atomic E-state index is 4.49. The highest BCUT2D eigenvalue weighted by Gasteiger charge is 2.06. The fraction of sp³-hybridized carbons (Fsp3) is 0. The fourth-order valence-corrected chi connectivity index (χ4v) is 2.36. The van der Waals surface area contributed by atoms with E-state index in [1.165, 1.54) is 0 Å². The average molecular weight is 260 g/mol. The van der Waals surface area contributed by atoms with Crippen LogP contribution in [0.3, 0.4) is 0 Å². The van der Waals surface area contributed by atoms with Crippen LogP contribution >= 0.6 is 0 Å². The lowest BCUT2D eigenvalue weighted by Crippen LogP contribution is -1.79. The van der Waals surface area contributed by atoms with Gasteiger partial charge in [0.25, 0.3) is 0 Å². The van der Waals surface area contributed by atoms with Crippen molar-refractivity contribution in [3.63, 3.8) is 0 Å². The van der Waals surface area contributed by atoms with E-state index in [1.54, 1.807) is 6.20 Å². The first kappa shape index (κ1) is 11.0. The molecule has 3 heterocycles. The fourth-order valence-electron chi connectivity index (χ4n) is 2.36. The molecule has 96 valence electrons. The summed E-state index contributed by atoms with van der Waals surface area (Å²) in [6, 6.07) is 14.5. The molecule has 0 unspecified atom stereocenters. The van der Waals surface area contributed by atoms with E-state index in [-0.39, 0.29) is 0 Å². The number of fused-ring (bicyclic) bond motifs is 1. The third kappa shape index (κ3) is 1.78. The molecule has 0 aliphatic heterocycles.